The number of H-pyrrole nitrogens is 1. The van der Waals surface area contributed by atoms with Crippen LogP contribution in [-0.2, 0) is 30.4 Å². The van der Waals surface area contributed by atoms with E-state index in [0.29, 0.717) is 31.5 Å². The Balaban J connectivity index is 2.85. The Morgan fingerprint density at radius 2 is 1.63 bits per heavy atom. The van der Waals surface area contributed by atoms with Gasteiger partial charge in [-0.25, -0.2) is 9.78 Å². The maximum atomic E-state index is 12.8. The smallest absolute Gasteiger partial charge is 0.326 e. The topological polar surface area (TPSA) is 248 Å². The zero-order valence-electron chi connectivity index (χ0n) is 19.2. The molecule has 0 saturated heterocycles. The van der Waals surface area contributed by atoms with Gasteiger partial charge in [0.2, 0.25) is 23.6 Å². The lowest BCUT2D eigenvalue weighted by Crippen LogP contribution is -2.58. The zero-order valence-corrected chi connectivity index (χ0v) is 20.1. The molecule has 14 nitrogen and oxygen atoms in total. The molecule has 1 aromatic heterocycles. The highest BCUT2D eigenvalue weighted by atomic mass is 32.1. The average molecular weight is 515 g/mol. The minimum atomic E-state index is -1.33. The number of carboxylic acids is 1. The van der Waals surface area contributed by atoms with Gasteiger partial charge in [-0.3, -0.25) is 19.2 Å². The Bertz CT molecular complexity index is 853. The third-order valence-corrected chi connectivity index (χ3v) is 5.39. The van der Waals surface area contributed by atoms with Crippen LogP contribution < -0.4 is 33.2 Å². The number of aromatic nitrogens is 2. The van der Waals surface area contributed by atoms with Crippen molar-refractivity contribution in [2.24, 2.45) is 17.2 Å². The summed E-state index contributed by atoms with van der Waals surface area (Å²) in [5.41, 5.74) is 16.9. The van der Waals surface area contributed by atoms with Crippen molar-refractivity contribution in [3.8, 4) is 0 Å². The van der Waals surface area contributed by atoms with E-state index in [1.54, 1.807) is 0 Å². The largest absolute Gasteiger partial charge is 0.480 e. The summed E-state index contributed by atoms with van der Waals surface area (Å²) in [6.45, 7) is 0.468. The molecule has 15 heteroatoms. The number of aliphatic carboxylic acids is 1. The van der Waals surface area contributed by atoms with Gasteiger partial charge in [-0.05, 0) is 25.8 Å². The summed E-state index contributed by atoms with van der Waals surface area (Å²) in [7, 11) is 0. The van der Waals surface area contributed by atoms with Crippen LogP contribution in [0.2, 0.25) is 0 Å². The second-order valence-electron chi connectivity index (χ2n) is 7.88. The molecule has 196 valence electrons. The molecule has 0 aliphatic heterocycles. The normalized spacial score (nSPS) is 14.3. The summed E-state index contributed by atoms with van der Waals surface area (Å²) in [4.78, 5) is 67.3. The van der Waals surface area contributed by atoms with E-state index in [9.17, 15) is 29.1 Å². The van der Waals surface area contributed by atoms with Gasteiger partial charge < -0.3 is 43.2 Å². The van der Waals surface area contributed by atoms with Gasteiger partial charge in [0, 0.05) is 30.5 Å². The minimum absolute atomic E-state index is 0.0884. The Labute approximate surface area is 207 Å². The average Bonchev–Trinajstić information content (AvgIpc) is 3.32. The maximum Gasteiger partial charge on any atom is 0.326 e. The predicted octanol–water partition coefficient (Wildman–Crippen LogP) is -2.86. The quantitative estimate of drug-likeness (QED) is 0.0765. The molecule has 0 bridgehead atoms. The van der Waals surface area contributed by atoms with Crippen LogP contribution in [0, 0.1) is 0 Å². The molecule has 0 saturated carbocycles. The fourth-order valence-corrected chi connectivity index (χ4v) is 3.29. The second kappa shape index (κ2) is 15.7. The van der Waals surface area contributed by atoms with E-state index < -0.39 is 53.8 Å². The van der Waals surface area contributed by atoms with E-state index >= 15 is 0 Å². The molecular formula is C20H34N8O6S. The molecule has 0 fully saturated rings. The van der Waals surface area contributed by atoms with Crippen molar-refractivity contribution in [2.75, 3.05) is 12.3 Å². The highest BCUT2D eigenvalue weighted by molar-refractivity contribution is 7.80. The number of nitrogens with zero attached hydrogens (tertiary/aromatic N) is 1. The Hall–Kier alpha value is -3.17. The molecule has 35 heavy (non-hydrogen) atoms. The number of hydrogen-bond donors (Lipinski definition) is 9. The summed E-state index contributed by atoms with van der Waals surface area (Å²) < 4.78 is 0. The number of carbonyl (C=O) groups is 5. The summed E-state index contributed by atoms with van der Waals surface area (Å²) in [6, 6.07) is -4.61. The number of carbonyl (C=O) groups excluding carboxylic acids is 4. The van der Waals surface area contributed by atoms with Crippen molar-refractivity contribution in [2.45, 2.75) is 62.7 Å². The number of unbranched alkanes of at least 4 members (excludes halogenated alkanes) is 1. The number of thiol groups is 1. The third-order valence-electron chi connectivity index (χ3n) is 5.03. The van der Waals surface area contributed by atoms with E-state index in [1.165, 1.54) is 12.5 Å². The van der Waals surface area contributed by atoms with Gasteiger partial charge in [0.15, 0.2) is 0 Å². The molecule has 0 aliphatic rings. The van der Waals surface area contributed by atoms with Gasteiger partial charge in [0.25, 0.3) is 0 Å². The number of primary amides is 1. The van der Waals surface area contributed by atoms with Gasteiger partial charge in [-0.1, -0.05) is 6.42 Å². The number of carboxylic acid groups (broad SMARTS) is 1. The Morgan fingerprint density at radius 3 is 2.17 bits per heavy atom. The fraction of sp³-hybridized carbons (Fsp3) is 0.600. The van der Waals surface area contributed by atoms with Gasteiger partial charge in [0.1, 0.15) is 18.1 Å². The summed E-state index contributed by atoms with van der Waals surface area (Å²) in [5, 5.41) is 16.7. The summed E-state index contributed by atoms with van der Waals surface area (Å²) >= 11 is 4.08. The summed E-state index contributed by atoms with van der Waals surface area (Å²) in [6.07, 6.45) is 3.97. The molecule has 1 aromatic rings. The summed E-state index contributed by atoms with van der Waals surface area (Å²) in [5.74, 6) is -4.29. The van der Waals surface area contributed by atoms with Gasteiger partial charge in [-0.15, -0.1) is 0 Å². The van der Waals surface area contributed by atoms with Crippen LogP contribution in [0.1, 0.15) is 37.8 Å². The first kappa shape index (κ1) is 29.9. The highest BCUT2D eigenvalue weighted by Crippen LogP contribution is 2.05. The van der Waals surface area contributed by atoms with Crippen LogP contribution >= 0.6 is 12.6 Å². The molecule has 4 atom stereocenters. The van der Waals surface area contributed by atoms with Crippen LogP contribution in [-0.4, -0.2) is 81.1 Å². The molecule has 0 spiro atoms. The van der Waals surface area contributed by atoms with Crippen molar-refractivity contribution in [1.82, 2.24) is 25.9 Å². The molecule has 0 radical (unpaired) electrons. The maximum absolute atomic E-state index is 12.8. The van der Waals surface area contributed by atoms with E-state index in [4.69, 9.17) is 17.2 Å². The monoisotopic (exact) mass is 514 g/mol. The first-order valence-electron chi connectivity index (χ1n) is 11.0. The van der Waals surface area contributed by atoms with Crippen LogP contribution in [0.5, 0.6) is 0 Å². The van der Waals surface area contributed by atoms with Crippen molar-refractivity contribution in [3.63, 3.8) is 0 Å². The first-order valence-corrected chi connectivity index (χ1v) is 11.7. The predicted molar refractivity (Wildman–Crippen MR) is 129 cm³/mol. The molecule has 1 rings (SSSR count). The molecule has 4 unspecified atom stereocenters. The lowest BCUT2D eigenvalue weighted by Gasteiger charge is -2.24. The molecule has 11 N–H and O–H groups in total. The molecule has 0 aliphatic carbocycles. The van der Waals surface area contributed by atoms with Crippen molar-refractivity contribution >= 4 is 42.2 Å². The van der Waals surface area contributed by atoms with E-state index in [-0.39, 0.29) is 25.0 Å². The van der Waals surface area contributed by atoms with E-state index in [1.807, 2.05) is 0 Å². The minimum Gasteiger partial charge on any atom is -0.480 e. The Morgan fingerprint density at radius 1 is 1.00 bits per heavy atom. The van der Waals surface area contributed by atoms with Gasteiger partial charge >= 0.3 is 5.97 Å². The standard InChI is InChI=1S/C20H34N8O6S/c21-6-2-1-3-12(22)17(30)28-15(9-35)19(32)26-13(4-5-16(23)29)18(31)27-14(20(33)34)7-11-8-24-10-25-11/h8,10,12-15,35H,1-7,9,21-22H2,(H2,23,29)(H,24,25)(H,26,32)(H,27,31)(H,28,30)(H,33,34). The van der Waals surface area contributed by atoms with Crippen LogP contribution in [0.25, 0.3) is 0 Å². The van der Waals surface area contributed by atoms with Crippen molar-refractivity contribution < 1.29 is 29.1 Å². The highest BCUT2D eigenvalue weighted by Gasteiger charge is 2.30. The molecule has 0 aromatic carbocycles. The number of hydrogen-bond acceptors (Lipinski definition) is 9. The molecule has 1 heterocycles. The molecular weight excluding hydrogens is 480 g/mol. The number of imidazole rings is 1. The van der Waals surface area contributed by atoms with Crippen molar-refractivity contribution in [3.05, 3.63) is 18.2 Å². The van der Waals surface area contributed by atoms with Gasteiger partial charge in [0.05, 0.1) is 12.4 Å². The number of nitrogens with two attached hydrogens (primary N) is 3. The van der Waals surface area contributed by atoms with Crippen LogP contribution in [0.3, 0.4) is 0 Å². The van der Waals surface area contributed by atoms with Crippen LogP contribution in [0.15, 0.2) is 12.5 Å². The van der Waals surface area contributed by atoms with E-state index in [2.05, 4.69) is 38.5 Å². The van der Waals surface area contributed by atoms with Crippen LogP contribution in [0.4, 0.5) is 0 Å². The van der Waals surface area contributed by atoms with Gasteiger partial charge in [-0.2, -0.15) is 12.6 Å². The van der Waals surface area contributed by atoms with E-state index in [0.717, 1.165) is 0 Å². The zero-order chi connectivity index (χ0) is 26.4. The lowest BCUT2D eigenvalue weighted by atomic mass is 10.1. The number of nitrogens with one attached hydrogen (secondary N) is 4. The fourth-order valence-electron chi connectivity index (χ4n) is 3.03. The Kier molecular flexibility index (Phi) is 13.4. The first-order chi connectivity index (χ1) is 16.6. The second-order valence-corrected chi connectivity index (χ2v) is 8.25. The third kappa shape index (κ3) is 11.2. The number of rotatable bonds is 17. The lowest BCUT2D eigenvalue weighted by molar-refractivity contribution is -0.142. The van der Waals surface area contributed by atoms with Crippen molar-refractivity contribution in [1.29, 1.82) is 0 Å². The number of aromatic amines is 1. The number of amides is 4. The SMILES string of the molecule is NCCCCC(N)C(=O)NC(CS)C(=O)NC(CCC(N)=O)C(=O)NC(Cc1cnc[nH]1)C(=O)O. The molecule has 4 amide bonds.